The molecule has 0 unspecified atom stereocenters. The maximum absolute atomic E-state index is 12.1. The van der Waals surface area contributed by atoms with Crippen LogP contribution >= 0.6 is 0 Å². The molecule has 0 spiro atoms. The lowest BCUT2D eigenvalue weighted by Crippen LogP contribution is -2.15. The summed E-state index contributed by atoms with van der Waals surface area (Å²) < 4.78 is 5.64. The zero-order chi connectivity index (χ0) is 16.2. The normalized spacial score (nSPS) is 10.5. The molecule has 0 fully saturated rings. The van der Waals surface area contributed by atoms with Crippen LogP contribution < -0.4 is 5.32 Å². The third-order valence-electron chi connectivity index (χ3n) is 3.42. The van der Waals surface area contributed by atoms with Crippen molar-refractivity contribution in [3.63, 3.8) is 0 Å². The number of anilines is 1. The number of aryl methyl sites for hydroxylation is 1. The van der Waals surface area contributed by atoms with E-state index < -0.39 is 0 Å². The number of amides is 1. The number of nitrogens with one attached hydrogen (secondary N) is 1. The van der Waals surface area contributed by atoms with Crippen molar-refractivity contribution in [3.8, 4) is 17.2 Å². The highest BCUT2D eigenvalue weighted by atomic mass is 16.4. The fourth-order valence-electron chi connectivity index (χ4n) is 2.22. The van der Waals surface area contributed by atoms with Crippen LogP contribution in [0.5, 0.6) is 5.75 Å². The molecule has 5 nitrogen and oxygen atoms in total. The maximum Gasteiger partial charge on any atom is 0.230 e. The number of phenols is 1. The van der Waals surface area contributed by atoms with Crippen LogP contribution in [0, 0.1) is 6.92 Å². The molecule has 0 saturated carbocycles. The Balaban J connectivity index is 1.74. The molecule has 0 saturated heterocycles. The largest absolute Gasteiger partial charge is 0.506 e. The molecule has 0 aliphatic carbocycles. The van der Waals surface area contributed by atoms with Crippen molar-refractivity contribution in [3.05, 3.63) is 66.1 Å². The van der Waals surface area contributed by atoms with Crippen molar-refractivity contribution in [2.24, 2.45) is 0 Å². The lowest BCUT2D eigenvalue weighted by molar-refractivity contribution is -0.115. The zero-order valence-electron chi connectivity index (χ0n) is 12.6. The van der Waals surface area contributed by atoms with Gasteiger partial charge in [0.1, 0.15) is 11.5 Å². The quantitative estimate of drug-likeness (QED) is 0.723. The molecule has 0 radical (unpaired) electrons. The van der Waals surface area contributed by atoms with Gasteiger partial charge >= 0.3 is 0 Å². The number of aromatic hydroxyl groups is 1. The minimum absolute atomic E-state index is 0.0303. The first-order valence-corrected chi connectivity index (χ1v) is 7.23. The van der Waals surface area contributed by atoms with Crippen LogP contribution in [0.2, 0.25) is 0 Å². The second-order valence-electron chi connectivity index (χ2n) is 5.13. The van der Waals surface area contributed by atoms with Gasteiger partial charge in [-0.2, -0.15) is 0 Å². The summed E-state index contributed by atoms with van der Waals surface area (Å²) in [5, 5.41) is 12.3. The smallest absolute Gasteiger partial charge is 0.230 e. The van der Waals surface area contributed by atoms with Gasteiger partial charge in [-0.25, -0.2) is 4.98 Å². The average Bonchev–Trinajstić information content (AvgIpc) is 2.91. The summed E-state index contributed by atoms with van der Waals surface area (Å²) >= 11 is 0. The standard InChI is InChI=1S/C18H16N2O3/c1-12-15(20-18(23-12)13-7-3-2-4-8-13)11-17(22)19-14-9-5-6-10-16(14)21/h2-10,21H,11H2,1H3,(H,19,22). The molecule has 116 valence electrons. The van der Waals surface area contributed by atoms with Gasteiger partial charge in [0.25, 0.3) is 0 Å². The molecule has 2 aromatic carbocycles. The molecule has 1 heterocycles. The number of hydrogen-bond donors (Lipinski definition) is 2. The van der Waals surface area contributed by atoms with E-state index in [0.29, 0.717) is 23.0 Å². The number of benzene rings is 2. The first-order chi connectivity index (χ1) is 11.1. The van der Waals surface area contributed by atoms with Crippen LogP contribution in [0.4, 0.5) is 5.69 Å². The number of phenolic OH excluding ortho intramolecular Hbond substituents is 1. The Bertz CT molecular complexity index is 825. The fraction of sp³-hybridized carbons (Fsp3) is 0.111. The number of rotatable bonds is 4. The summed E-state index contributed by atoms with van der Waals surface area (Å²) in [4.78, 5) is 16.5. The van der Waals surface area contributed by atoms with E-state index >= 15 is 0 Å². The minimum atomic E-state index is -0.262. The Labute approximate surface area is 133 Å². The topological polar surface area (TPSA) is 75.4 Å². The number of aromatic nitrogens is 1. The number of para-hydroxylation sites is 2. The van der Waals surface area contributed by atoms with Gasteiger partial charge in [0, 0.05) is 5.56 Å². The number of carbonyl (C=O) groups excluding carboxylic acids is 1. The molecule has 23 heavy (non-hydrogen) atoms. The van der Waals surface area contributed by atoms with E-state index in [2.05, 4.69) is 10.3 Å². The Kier molecular flexibility index (Phi) is 4.10. The molecule has 0 bridgehead atoms. The third kappa shape index (κ3) is 3.40. The Hall–Kier alpha value is -3.08. The summed E-state index contributed by atoms with van der Waals surface area (Å²) in [5.74, 6) is 0.870. The van der Waals surface area contributed by atoms with Crippen LogP contribution in [0.3, 0.4) is 0 Å². The van der Waals surface area contributed by atoms with E-state index in [4.69, 9.17) is 4.42 Å². The van der Waals surface area contributed by atoms with Gasteiger partial charge in [-0.1, -0.05) is 30.3 Å². The molecular weight excluding hydrogens is 292 g/mol. The van der Waals surface area contributed by atoms with Crippen LogP contribution in [0.25, 0.3) is 11.5 Å². The molecule has 1 amide bonds. The van der Waals surface area contributed by atoms with Gasteiger partial charge in [0.05, 0.1) is 17.8 Å². The molecule has 3 rings (SSSR count). The van der Waals surface area contributed by atoms with E-state index in [0.717, 1.165) is 5.56 Å². The predicted molar refractivity (Wildman–Crippen MR) is 87.1 cm³/mol. The van der Waals surface area contributed by atoms with Gasteiger partial charge in [-0.3, -0.25) is 4.79 Å². The molecule has 0 aliphatic rings. The first-order valence-electron chi connectivity index (χ1n) is 7.23. The monoisotopic (exact) mass is 308 g/mol. The Morgan fingerprint density at radius 3 is 2.57 bits per heavy atom. The van der Waals surface area contributed by atoms with Crippen molar-refractivity contribution in [1.82, 2.24) is 4.98 Å². The SMILES string of the molecule is Cc1oc(-c2ccccc2)nc1CC(=O)Nc1ccccc1O. The molecule has 3 aromatic rings. The van der Waals surface area contributed by atoms with Crippen LogP contribution in [-0.4, -0.2) is 16.0 Å². The van der Waals surface area contributed by atoms with Gasteiger partial charge < -0.3 is 14.8 Å². The van der Waals surface area contributed by atoms with Gasteiger partial charge in [0.15, 0.2) is 0 Å². The highest BCUT2D eigenvalue weighted by Crippen LogP contribution is 2.24. The molecule has 0 aliphatic heterocycles. The van der Waals surface area contributed by atoms with Gasteiger partial charge in [-0.15, -0.1) is 0 Å². The summed E-state index contributed by atoms with van der Waals surface area (Å²) in [7, 11) is 0. The van der Waals surface area contributed by atoms with E-state index in [1.807, 2.05) is 30.3 Å². The first kappa shape index (κ1) is 14.8. The lowest BCUT2D eigenvalue weighted by atomic mass is 10.2. The molecule has 5 heteroatoms. The number of hydrogen-bond acceptors (Lipinski definition) is 4. The fourth-order valence-corrected chi connectivity index (χ4v) is 2.22. The molecular formula is C18H16N2O3. The van der Waals surface area contributed by atoms with Crippen LogP contribution in [0.1, 0.15) is 11.5 Å². The van der Waals surface area contributed by atoms with Crippen LogP contribution in [-0.2, 0) is 11.2 Å². The summed E-state index contributed by atoms with van der Waals surface area (Å²) in [6.45, 7) is 1.78. The molecule has 2 N–H and O–H groups in total. The van der Waals surface area contributed by atoms with E-state index in [1.165, 1.54) is 6.07 Å². The third-order valence-corrected chi connectivity index (χ3v) is 3.42. The molecule has 0 atom stereocenters. The van der Waals surface area contributed by atoms with Crippen molar-refractivity contribution in [2.45, 2.75) is 13.3 Å². The average molecular weight is 308 g/mol. The Morgan fingerprint density at radius 2 is 1.83 bits per heavy atom. The second-order valence-corrected chi connectivity index (χ2v) is 5.13. The van der Waals surface area contributed by atoms with Crippen LogP contribution in [0.15, 0.2) is 59.0 Å². The van der Waals surface area contributed by atoms with Crippen molar-refractivity contribution < 1.29 is 14.3 Å². The lowest BCUT2D eigenvalue weighted by Gasteiger charge is -2.05. The van der Waals surface area contributed by atoms with Gasteiger partial charge in [0.2, 0.25) is 11.8 Å². The zero-order valence-corrected chi connectivity index (χ0v) is 12.6. The summed E-state index contributed by atoms with van der Waals surface area (Å²) in [6.07, 6.45) is 0.0799. The summed E-state index contributed by atoms with van der Waals surface area (Å²) in [5.41, 5.74) is 1.82. The van der Waals surface area contributed by atoms with E-state index in [-0.39, 0.29) is 18.1 Å². The van der Waals surface area contributed by atoms with Crippen molar-refractivity contribution in [1.29, 1.82) is 0 Å². The van der Waals surface area contributed by atoms with E-state index in [9.17, 15) is 9.90 Å². The minimum Gasteiger partial charge on any atom is -0.506 e. The summed E-state index contributed by atoms with van der Waals surface area (Å²) in [6, 6.07) is 16.1. The highest BCUT2D eigenvalue weighted by Gasteiger charge is 2.15. The van der Waals surface area contributed by atoms with Gasteiger partial charge in [-0.05, 0) is 31.2 Å². The maximum atomic E-state index is 12.1. The van der Waals surface area contributed by atoms with Crippen molar-refractivity contribution in [2.75, 3.05) is 5.32 Å². The number of nitrogens with zero attached hydrogens (tertiary/aromatic N) is 1. The number of carbonyl (C=O) groups is 1. The second kappa shape index (κ2) is 6.36. The number of oxazole rings is 1. The van der Waals surface area contributed by atoms with Crippen molar-refractivity contribution >= 4 is 11.6 Å². The van der Waals surface area contributed by atoms with E-state index in [1.54, 1.807) is 25.1 Å². The Morgan fingerprint density at radius 1 is 1.13 bits per heavy atom. The molecule has 1 aromatic heterocycles. The predicted octanol–water partition coefficient (Wildman–Crippen LogP) is 3.54. The highest BCUT2D eigenvalue weighted by molar-refractivity contribution is 5.93.